The quantitative estimate of drug-likeness (QED) is 0.842. The predicted octanol–water partition coefficient (Wildman–Crippen LogP) is 2.16. The fourth-order valence-electron chi connectivity index (χ4n) is 1.58. The molecule has 0 aromatic heterocycles. The third-order valence-corrected chi connectivity index (χ3v) is 2.21. The summed E-state index contributed by atoms with van der Waals surface area (Å²) in [5.74, 6) is -0.0142. The summed E-state index contributed by atoms with van der Waals surface area (Å²) in [7, 11) is 1.66. The molecule has 100 valence electrons. The summed E-state index contributed by atoms with van der Waals surface area (Å²) in [6.07, 6.45) is 0. The summed E-state index contributed by atoms with van der Waals surface area (Å²) in [5, 5.41) is 6.00. The Morgan fingerprint density at radius 3 is 2.67 bits per heavy atom. The van der Waals surface area contributed by atoms with Crippen molar-refractivity contribution in [1.29, 1.82) is 0 Å². The van der Waals surface area contributed by atoms with Gasteiger partial charge in [-0.05, 0) is 38.5 Å². The first-order valence-electron chi connectivity index (χ1n) is 6.03. The van der Waals surface area contributed by atoms with Crippen LogP contribution in [0, 0.1) is 0 Å². The van der Waals surface area contributed by atoms with Crippen LogP contribution in [0.2, 0.25) is 0 Å². The Bertz CT molecular complexity index is 397. The second kappa shape index (κ2) is 6.40. The molecule has 0 spiro atoms. The molecule has 0 bridgehead atoms. The molecule has 0 aliphatic rings. The lowest BCUT2D eigenvalue weighted by molar-refractivity contribution is -0.120. The van der Waals surface area contributed by atoms with Crippen molar-refractivity contribution in [2.75, 3.05) is 19.0 Å². The third kappa shape index (κ3) is 5.68. The molecule has 4 nitrogen and oxygen atoms in total. The molecule has 0 unspecified atom stereocenters. The molecule has 2 N–H and O–H groups in total. The molecule has 1 amide bonds. The van der Waals surface area contributed by atoms with E-state index >= 15 is 0 Å². The maximum atomic E-state index is 11.6. The average molecular weight is 250 g/mol. The Morgan fingerprint density at radius 1 is 1.33 bits per heavy atom. The number of anilines is 1. The van der Waals surface area contributed by atoms with Gasteiger partial charge in [0, 0.05) is 18.3 Å². The first kappa shape index (κ1) is 14.5. The van der Waals surface area contributed by atoms with E-state index in [1.54, 1.807) is 7.11 Å². The SMILES string of the molecule is COCc1cccc(NCC(=O)NC(C)(C)C)c1. The van der Waals surface area contributed by atoms with Crippen molar-refractivity contribution in [2.45, 2.75) is 32.9 Å². The highest BCUT2D eigenvalue weighted by Crippen LogP contribution is 2.11. The van der Waals surface area contributed by atoms with Crippen molar-refractivity contribution in [3.63, 3.8) is 0 Å². The van der Waals surface area contributed by atoms with Crippen molar-refractivity contribution in [1.82, 2.24) is 5.32 Å². The number of ether oxygens (including phenoxy) is 1. The molecule has 0 atom stereocenters. The van der Waals surface area contributed by atoms with Crippen LogP contribution in [0.3, 0.4) is 0 Å². The molecule has 1 aromatic rings. The van der Waals surface area contributed by atoms with Crippen LogP contribution in [-0.4, -0.2) is 25.1 Å². The molecular formula is C14H22N2O2. The van der Waals surface area contributed by atoms with Crippen LogP contribution in [0.5, 0.6) is 0 Å². The minimum absolute atomic E-state index is 0.0142. The van der Waals surface area contributed by atoms with E-state index in [1.165, 1.54) is 0 Å². The van der Waals surface area contributed by atoms with E-state index in [9.17, 15) is 4.79 Å². The van der Waals surface area contributed by atoms with Gasteiger partial charge >= 0.3 is 0 Å². The largest absolute Gasteiger partial charge is 0.380 e. The van der Waals surface area contributed by atoms with E-state index in [0.717, 1.165) is 11.3 Å². The van der Waals surface area contributed by atoms with Crippen LogP contribution < -0.4 is 10.6 Å². The van der Waals surface area contributed by atoms with Gasteiger partial charge in [0.15, 0.2) is 0 Å². The maximum absolute atomic E-state index is 11.6. The minimum atomic E-state index is -0.198. The number of benzene rings is 1. The number of rotatable bonds is 5. The van der Waals surface area contributed by atoms with E-state index in [1.807, 2.05) is 45.0 Å². The molecular weight excluding hydrogens is 228 g/mol. The lowest BCUT2D eigenvalue weighted by atomic mass is 10.1. The number of hydrogen-bond donors (Lipinski definition) is 2. The summed E-state index contributed by atoms with van der Waals surface area (Å²) in [4.78, 5) is 11.6. The predicted molar refractivity (Wildman–Crippen MR) is 73.5 cm³/mol. The summed E-state index contributed by atoms with van der Waals surface area (Å²) in [6, 6.07) is 7.85. The molecule has 0 heterocycles. The Morgan fingerprint density at radius 2 is 2.06 bits per heavy atom. The fraction of sp³-hybridized carbons (Fsp3) is 0.500. The number of hydrogen-bond acceptors (Lipinski definition) is 3. The van der Waals surface area contributed by atoms with Crippen LogP contribution in [0.15, 0.2) is 24.3 Å². The van der Waals surface area contributed by atoms with Crippen LogP contribution >= 0.6 is 0 Å². The van der Waals surface area contributed by atoms with E-state index in [4.69, 9.17) is 4.74 Å². The van der Waals surface area contributed by atoms with E-state index in [2.05, 4.69) is 10.6 Å². The number of amides is 1. The number of carbonyl (C=O) groups excluding carboxylic acids is 1. The third-order valence-electron chi connectivity index (χ3n) is 2.21. The first-order chi connectivity index (χ1) is 8.40. The zero-order chi connectivity index (χ0) is 13.6. The van der Waals surface area contributed by atoms with Crippen molar-refractivity contribution in [3.05, 3.63) is 29.8 Å². The van der Waals surface area contributed by atoms with Gasteiger partial charge in [-0.3, -0.25) is 4.79 Å². The van der Waals surface area contributed by atoms with Gasteiger partial charge in [0.05, 0.1) is 13.2 Å². The Balaban J connectivity index is 2.48. The van der Waals surface area contributed by atoms with E-state index < -0.39 is 0 Å². The van der Waals surface area contributed by atoms with Gasteiger partial charge in [-0.1, -0.05) is 12.1 Å². The zero-order valence-corrected chi connectivity index (χ0v) is 11.5. The fourth-order valence-corrected chi connectivity index (χ4v) is 1.58. The maximum Gasteiger partial charge on any atom is 0.239 e. The van der Waals surface area contributed by atoms with Gasteiger partial charge < -0.3 is 15.4 Å². The molecule has 0 aliphatic heterocycles. The van der Waals surface area contributed by atoms with Gasteiger partial charge in [0.1, 0.15) is 0 Å². The normalized spacial score (nSPS) is 11.1. The number of methoxy groups -OCH3 is 1. The summed E-state index contributed by atoms with van der Waals surface area (Å²) in [6.45, 7) is 6.73. The molecule has 1 aromatic carbocycles. The second-order valence-electron chi connectivity index (χ2n) is 5.29. The highest BCUT2D eigenvalue weighted by Gasteiger charge is 2.12. The van der Waals surface area contributed by atoms with Gasteiger partial charge in [-0.15, -0.1) is 0 Å². The number of nitrogens with one attached hydrogen (secondary N) is 2. The molecule has 4 heteroatoms. The zero-order valence-electron chi connectivity index (χ0n) is 11.5. The lowest BCUT2D eigenvalue weighted by Crippen LogP contribution is -2.43. The molecule has 0 radical (unpaired) electrons. The van der Waals surface area contributed by atoms with Gasteiger partial charge in [-0.25, -0.2) is 0 Å². The monoisotopic (exact) mass is 250 g/mol. The molecule has 0 aliphatic carbocycles. The highest BCUT2D eigenvalue weighted by molar-refractivity contribution is 5.81. The van der Waals surface area contributed by atoms with E-state index in [0.29, 0.717) is 6.61 Å². The summed E-state index contributed by atoms with van der Waals surface area (Å²) in [5.41, 5.74) is 1.81. The minimum Gasteiger partial charge on any atom is -0.380 e. The van der Waals surface area contributed by atoms with Crippen molar-refractivity contribution < 1.29 is 9.53 Å². The van der Waals surface area contributed by atoms with E-state index in [-0.39, 0.29) is 18.0 Å². The molecule has 1 rings (SSSR count). The lowest BCUT2D eigenvalue weighted by Gasteiger charge is -2.20. The smallest absolute Gasteiger partial charge is 0.239 e. The Labute approximate surface area is 109 Å². The Hall–Kier alpha value is -1.55. The van der Waals surface area contributed by atoms with Gasteiger partial charge in [0.2, 0.25) is 5.91 Å². The van der Waals surface area contributed by atoms with Crippen molar-refractivity contribution in [3.8, 4) is 0 Å². The molecule has 0 saturated carbocycles. The molecule has 18 heavy (non-hydrogen) atoms. The summed E-state index contributed by atoms with van der Waals surface area (Å²) >= 11 is 0. The van der Waals surface area contributed by atoms with Crippen molar-refractivity contribution >= 4 is 11.6 Å². The Kier molecular flexibility index (Phi) is 5.16. The molecule has 0 saturated heterocycles. The van der Waals surface area contributed by atoms with Crippen LogP contribution in [0.1, 0.15) is 26.3 Å². The standard InChI is InChI=1S/C14H22N2O2/c1-14(2,3)16-13(17)9-15-12-7-5-6-11(8-12)10-18-4/h5-8,15H,9-10H2,1-4H3,(H,16,17). The number of carbonyl (C=O) groups is 1. The van der Waals surface area contributed by atoms with Gasteiger partial charge in [-0.2, -0.15) is 0 Å². The second-order valence-corrected chi connectivity index (χ2v) is 5.29. The molecule has 0 fully saturated rings. The van der Waals surface area contributed by atoms with Crippen LogP contribution in [0.4, 0.5) is 5.69 Å². The highest BCUT2D eigenvalue weighted by atomic mass is 16.5. The first-order valence-corrected chi connectivity index (χ1v) is 6.03. The van der Waals surface area contributed by atoms with Gasteiger partial charge in [0.25, 0.3) is 0 Å². The summed E-state index contributed by atoms with van der Waals surface area (Å²) < 4.78 is 5.07. The van der Waals surface area contributed by atoms with Crippen LogP contribution in [-0.2, 0) is 16.1 Å². The van der Waals surface area contributed by atoms with Crippen LogP contribution in [0.25, 0.3) is 0 Å². The topological polar surface area (TPSA) is 50.4 Å². The average Bonchev–Trinajstić information content (AvgIpc) is 2.25. The van der Waals surface area contributed by atoms with Crippen molar-refractivity contribution in [2.24, 2.45) is 0 Å².